The lowest BCUT2D eigenvalue weighted by Gasteiger charge is -2.21. The van der Waals surface area contributed by atoms with E-state index in [1.165, 1.54) is 25.0 Å². The summed E-state index contributed by atoms with van der Waals surface area (Å²) in [5.41, 5.74) is 6.58. The van der Waals surface area contributed by atoms with Crippen LogP contribution < -0.4 is 11.1 Å². The number of nitrogen functional groups attached to an aromatic ring is 1. The minimum Gasteiger partial charge on any atom is -0.396 e. The molecular formula is C11H16BrN3S. The van der Waals surface area contributed by atoms with Gasteiger partial charge in [-0.05, 0) is 40.6 Å². The molecule has 3 nitrogen and oxygen atoms in total. The molecular weight excluding hydrogens is 286 g/mol. The van der Waals surface area contributed by atoms with Gasteiger partial charge in [-0.25, -0.2) is 4.98 Å². The fourth-order valence-corrected chi connectivity index (χ4v) is 3.37. The van der Waals surface area contributed by atoms with Gasteiger partial charge in [-0.15, -0.1) is 0 Å². The predicted molar refractivity (Wildman–Crippen MR) is 74.9 cm³/mol. The molecule has 0 radical (unpaired) electrons. The summed E-state index contributed by atoms with van der Waals surface area (Å²) in [4.78, 5) is 4.27. The smallest absolute Gasteiger partial charge is 0.149 e. The SMILES string of the molecule is Nc1cc(Br)cnc1NCC1CCCCS1. The molecule has 0 aliphatic carbocycles. The third-order valence-corrected chi connectivity index (χ3v) is 4.49. The van der Waals surface area contributed by atoms with Crippen LogP contribution in [-0.4, -0.2) is 22.5 Å². The molecule has 3 N–H and O–H groups in total. The summed E-state index contributed by atoms with van der Waals surface area (Å²) >= 11 is 5.40. The molecule has 0 aromatic carbocycles. The van der Waals surface area contributed by atoms with Gasteiger partial charge in [-0.1, -0.05) is 6.42 Å². The number of nitrogens with zero attached hydrogens (tertiary/aromatic N) is 1. The summed E-state index contributed by atoms with van der Waals surface area (Å²) in [6.45, 7) is 0.962. The maximum Gasteiger partial charge on any atom is 0.149 e. The van der Waals surface area contributed by atoms with Crippen LogP contribution in [0.1, 0.15) is 19.3 Å². The van der Waals surface area contributed by atoms with Gasteiger partial charge >= 0.3 is 0 Å². The zero-order valence-electron chi connectivity index (χ0n) is 9.08. The molecule has 1 aromatic rings. The molecule has 0 saturated carbocycles. The zero-order valence-corrected chi connectivity index (χ0v) is 11.5. The Morgan fingerprint density at radius 1 is 1.56 bits per heavy atom. The van der Waals surface area contributed by atoms with Crippen LogP contribution in [-0.2, 0) is 0 Å². The fourth-order valence-electron chi connectivity index (χ4n) is 1.78. The summed E-state index contributed by atoms with van der Waals surface area (Å²) < 4.78 is 0.919. The number of hydrogen-bond acceptors (Lipinski definition) is 4. The van der Waals surface area contributed by atoms with Gasteiger partial charge in [0.15, 0.2) is 0 Å². The average molecular weight is 302 g/mol. The average Bonchev–Trinajstić information content (AvgIpc) is 2.29. The first kappa shape index (κ1) is 12.0. The minimum absolute atomic E-state index is 0.704. The second-order valence-electron chi connectivity index (χ2n) is 3.96. The van der Waals surface area contributed by atoms with E-state index < -0.39 is 0 Å². The number of rotatable bonds is 3. The number of halogens is 1. The highest BCUT2D eigenvalue weighted by Crippen LogP contribution is 2.26. The molecule has 1 aromatic heterocycles. The molecule has 16 heavy (non-hydrogen) atoms. The molecule has 0 amide bonds. The van der Waals surface area contributed by atoms with Crippen molar-refractivity contribution in [3.05, 3.63) is 16.7 Å². The number of aromatic nitrogens is 1. The van der Waals surface area contributed by atoms with Gasteiger partial charge in [-0.3, -0.25) is 0 Å². The Labute approximate surface area is 109 Å². The Morgan fingerprint density at radius 3 is 3.12 bits per heavy atom. The van der Waals surface area contributed by atoms with Crippen molar-refractivity contribution < 1.29 is 0 Å². The molecule has 2 heterocycles. The van der Waals surface area contributed by atoms with Crippen LogP contribution in [0, 0.1) is 0 Å². The summed E-state index contributed by atoms with van der Waals surface area (Å²) in [5.74, 6) is 2.09. The molecule has 2 rings (SSSR count). The molecule has 0 bridgehead atoms. The van der Waals surface area contributed by atoms with Crippen molar-refractivity contribution in [1.29, 1.82) is 0 Å². The van der Waals surface area contributed by atoms with Gasteiger partial charge in [-0.2, -0.15) is 11.8 Å². The van der Waals surface area contributed by atoms with E-state index in [2.05, 4.69) is 38.0 Å². The Balaban J connectivity index is 1.88. The first-order chi connectivity index (χ1) is 7.75. The van der Waals surface area contributed by atoms with Crippen LogP contribution in [0.15, 0.2) is 16.7 Å². The standard InChI is InChI=1S/C11H16BrN3S/c12-8-5-10(13)11(14-6-8)15-7-9-3-1-2-4-16-9/h5-6,9H,1-4,7,13H2,(H,14,15). The number of hydrogen-bond donors (Lipinski definition) is 2. The summed E-state index contributed by atoms with van der Waals surface area (Å²) in [6.07, 6.45) is 5.78. The molecule has 1 fully saturated rings. The molecule has 1 aliphatic rings. The number of anilines is 2. The van der Waals surface area contributed by atoms with Crippen LogP contribution in [0.25, 0.3) is 0 Å². The van der Waals surface area contributed by atoms with Gasteiger partial charge < -0.3 is 11.1 Å². The highest BCUT2D eigenvalue weighted by Gasteiger charge is 2.14. The normalized spacial score (nSPS) is 20.7. The van der Waals surface area contributed by atoms with Crippen LogP contribution in [0.5, 0.6) is 0 Å². The second kappa shape index (κ2) is 5.77. The first-order valence-corrected chi connectivity index (χ1v) is 7.36. The van der Waals surface area contributed by atoms with E-state index in [9.17, 15) is 0 Å². The topological polar surface area (TPSA) is 50.9 Å². The summed E-state index contributed by atoms with van der Waals surface area (Å²) in [6, 6.07) is 1.88. The van der Waals surface area contributed by atoms with Crippen LogP contribution in [0.2, 0.25) is 0 Å². The van der Waals surface area contributed by atoms with Crippen LogP contribution in [0.4, 0.5) is 11.5 Å². The van der Waals surface area contributed by atoms with Crippen LogP contribution in [0.3, 0.4) is 0 Å². The van der Waals surface area contributed by atoms with Crippen LogP contribution >= 0.6 is 27.7 Å². The van der Waals surface area contributed by atoms with Crippen molar-refractivity contribution >= 4 is 39.2 Å². The molecule has 1 saturated heterocycles. The summed E-state index contributed by atoms with van der Waals surface area (Å²) in [5, 5.41) is 4.04. The third kappa shape index (κ3) is 3.28. The molecule has 1 aliphatic heterocycles. The molecule has 1 unspecified atom stereocenters. The molecule has 1 atom stereocenters. The largest absolute Gasteiger partial charge is 0.396 e. The van der Waals surface area contributed by atoms with Gasteiger partial charge in [0.05, 0.1) is 5.69 Å². The maximum absolute atomic E-state index is 5.88. The highest BCUT2D eigenvalue weighted by molar-refractivity contribution is 9.10. The highest BCUT2D eigenvalue weighted by atomic mass is 79.9. The Bertz CT molecular complexity index is 353. The number of thioether (sulfide) groups is 1. The van der Waals surface area contributed by atoms with E-state index in [4.69, 9.17) is 5.73 Å². The van der Waals surface area contributed by atoms with Crippen molar-refractivity contribution in [1.82, 2.24) is 4.98 Å². The van der Waals surface area contributed by atoms with Crippen molar-refractivity contribution in [3.63, 3.8) is 0 Å². The number of pyridine rings is 1. The lowest BCUT2D eigenvalue weighted by atomic mass is 10.2. The fraction of sp³-hybridized carbons (Fsp3) is 0.545. The lowest BCUT2D eigenvalue weighted by Crippen LogP contribution is -2.20. The number of nitrogens with two attached hydrogens (primary N) is 1. The summed E-state index contributed by atoms with van der Waals surface area (Å²) in [7, 11) is 0. The quantitative estimate of drug-likeness (QED) is 0.900. The van der Waals surface area contributed by atoms with Crippen molar-refractivity contribution in [2.24, 2.45) is 0 Å². The Morgan fingerprint density at radius 2 is 2.44 bits per heavy atom. The van der Waals surface area contributed by atoms with Crippen molar-refractivity contribution in [3.8, 4) is 0 Å². The van der Waals surface area contributed by atoms with Gasteiger partial charge in [0, 0.05) is 22.5 Å². The van der Waals surface area contributed by atoms with Crippen molar-refractivity contribution in [2.75, 3.05) is 23.3 Å². The Hall–Kier alpha value is -0.420. The molecule has 88 valence electrons. The van der Waals surface area contributed by atoms with E-state index >= 15 is 0 Å². The molecule has 0 spiro atoms. The zero-order chi connectivity index (χ0) is 11.4. The van der Waals surface area contributed by atoms with E-state index in [1.54, 1.807) is 6.20 Å². The third-order valence-electron chi connectivity index (χ3n) is 2.65. The molecule has 5 heteroatoms. The van der Waals surface area contributed by atoms with E-state index in [-0.39, 0.29) is 0 Å². The second-order valence-corrected chi connectivity index (χ2v) is 6.28. The monoisotopic (exact) mass is 301 g/mol. The predicted octanol–water partition coefficient (Wildman–Crippen LogP) is 3.12. The maximum atomic E-state index is 5.88. The number of nitrogens with one attached hydrogen (secondary N) is 1. The first-order valence-electron chi connectivity index (χ1n) is 5.52. The van der Waals surface area contributed by atoms with E-state index in [0.29, 0.717) is 10.9 Å². The van der Waals surface area contributed by atoms with Gasteiger partial charge in [0.25, 0.3) is 0 Å². The minimum atomic E-state index is 0.704. The van der Waals surface area contributed by atoms with Gasteiger partial charge in [0.2, 0.25) is 0 Å². The van der Waals surface area contributed by atoms with Crippen molar-refractivity contribution in [2.45, 2.75) is 24.5 Å². The van der Waals surface area contributed by atoms with E-state index in [0.717, 1.165) is 16.8 Å². The van der Waals surface area contributed by atoms with E-state index in [1.807, 2.05) is 6.07 Å². The lowest BCUT2D eigenvalue weighted by molar-refractivity contribution is 0.677. The Kier molecular flexibility index (Phi) is 4.35. The van der Waals surface area contributed by atoms with Gasteiger partial charge in [0.1, 0.15) is 5.82 Å².